The van der Waals surface area contributed by atoms with Gasteiger partial charge in [0, 0.05) is 10.1 Å². The molecule has 3 aromatic rings. The van der Waals surface area contributed by atoms with Crippen LogP contribution in [0.2, 0.25) is 5.02 Å². The summed E-state index contributed by atoms with van der Waals surface area (Å²) in [6, 6.07) is 9.11. The fourth-order valence-corrected chi connectivity index (χ4v) is 3.43. The second kappa shape index (κ2) is 6.54. The number of hydrogen-bond donors (Lipinski definition) is 1. The van der Waals surface area contributed by atoms with Crippen LogP contribution in [0.25, 0.3) is 10.1 Å². The molecule has 0 unspecified atom stereocenters. The van der Waals surface area contributed by atoms with Crippen molar-refractivity contribution < 1.29 is 23.2 Å². The number of hydrogen-bond acceptors (Lipinski definition) is 4. The third kappa shape index (κ3) is 3.08. The van der Waals surface area contributed by atoms with Crippen molar-refractivity contribution in [2.75, 3.05) is 0 Å². The van der Waals surface area contributed by atoms with E-state index in [9.17, 15) is 18.4 Å². The maximum absolute atomic E-state index is 13.5. The van der Waals surface area contributed by atoms with Gasteiger partial charge in [-0.25, -0.2) is 13.6 Å². The van der Waals surface area contributed by atoms with Gasteiger partial charge in [0.15, 0.2) is 0 Å². The highest BCUT2D eigenvalue weighted by Gasteiger charge is 2.20. The van der Waals surface area contributed by atoms with Gasteiger partial charge in [-0.2, -0.15) is 5.48 Å². The van der Waals surface area contributed by atoms with Crippen molar-refractivity contribution in [3.05, 3.63) is 69.6 Å². The molecule has 0 spiro atoms. The molecule has 0 bridgehead atoms. The summed E-state index contributed by atoms with van der Waals surface area (Å²) in [4.78, 5) is 28.5. The third-order valence-electron chi connectivity index (χ3n) is 3.13. The number of thiophene rings is 1. The van der Waals surface area contributed by atoms with E-state index in [2.05, 4.69) is 4.84 Å². The average Bonchev–Trinajstić information content (AvgIpc) is 2.89. The number of carbonyl (C=O) groups excluding carboxylic acids is 2. The van der Waals surface area contributed by atoms with Crippen molar-refractivity contribution in [1.82, 2.24) is 5.48 Å². The molecule has 0 saturated carbocycles. The average molecular weight is 368 g/mol. The number of carbonyl (C=O) groups is 2. The van der Waals surface area contributed by atoms with Gasteiger partial charge in [-0.1, -0.05) is 23.7 Å². The molecule has 0 saturated heterocycles. The van der Waals surface area contributed by atoms with Crippen LogP contribution in [-0.2, 0) is 4.84 Å². The van der Waals surface area contributed by atoms with Crippen molar-refractivity contribution >= 4 is 44.9 Å². The summed E-state index contributed by atoms with van der Waals surface area (Å²) in [5, 5.41) is 0.628. The highest BCUT2D eigenvalue weighted by molar-refractivity contribution is 7.21. The molecule has 1 aromatic heterocycles. The third-order valence-corrected chi connectivity index (χ3v) is 4.78. The van der Waals surface area contributed by atoms with Gasteiger partial charge in [-0.3, -0.25) is 4.79 Å². The van der Waals surface area contributed by atoms with Crippen LogP contribution in [0.3, 0.4) is 0 Å². The van der Waals surface area contributed by atoms with Gasteiger partial charge in [-0.05, 0) is 30.3 Å². The number of nitrogens with one attached hydrogen (secondary N) is 1. The molecule has 2 aromatic carbocycles. The maximum atomic E-state index is 13.5. The van der Waals surface area contributed by atoms with Gasteiger partial charge in [0.05, 0.1) is 10.6 Å². The van der Waals surface area contributed by atoms with Crippen LogP contribution in [0.1, 0.15) is 20.0 Å². The van der Waals surface area contributed by atoms with Gasteiger partial charge < -0.3 is 4.84 Å². The molecule has 1 N–H and O–H groups in total. The molecular formula is C16H8ClF2NO3S. The number of rotatable bonds is 2. The van der Waals surface area contributed by atoms with E-state index < -0.39 is 23.5 Å². The summed E-state index contributed by atoms with van der Waals surface area (Å²) >= 11 is 7.04. The molecule has 0 fully saturated rings. The minimum absolute atomic E-state index is 0.0543. The SMILES string of the molecule is O=C(ONC(=O)c1sc2cc(F)ccc2c1Cl)c1ccccc1F. The summed E-state index contributed by atoms with van der Waals surface area (Å²) in [7, 11) is 0. The lowest BCUT2D eigenvalue weighted by molar-refractivity contribution is 0.0227. The minimum atomic E-state index is -1.05. The molecule has 0 aliphatic rings. The quantitative estimate of drug-likeness (QED) is 0.686. The summed E-state index contributed by atoms with van der Waals surface area (Å²) in [6.07, 6.45) is 0. The van der Waals surface area contributed by atoms with Crippen LogP contribution >= 0.6 is 22.9 Å². The molecule has 1 amide bonds. The molecule has 0 aliphatic heterocycles. The maximum Gasteiger partial charge on any atom is 0.365 e. The van der Waals surface area contributed by atoms with Gasteiger partial charge in [0.2, 0.25) is 0 Å². The van der Waals surface area contributed by atoms with E-state index in [4.69, 9.17) is 11.6 Å². The molecule has 4 nitrogen and oxygen atoms in total. The van der Waals surface area contributed by atoms with Crippen LogP contribution in [0, 0.1) is 11.6 Å². The smallest absolute Gasteiger partial charge is 0.335 e. The van der Waals surface area contributed by atoms with Crippen molar-refractivity contribution in [3.63, 3.8) is 0 Å². The summed E-state index contributed by atoms with van der Waals surface area (Å²) in [5.41, 5.74) is 1.60. The lowest BCUT2D eigenvalue weighted by Gasteiger charge is -2.05. The van der Waals surface area contributed by atoms with Gasteiger partial charge in [0.25, 0.3) is 5.91 Å². The van der Waals surface area contributed by atoms with Crippen molar-refractivity contribution in [3.8, 4) is 0 Å². The van der Waals surface area contributed by atoms with Gasteiger partial charge in [0.1, 0.15) is 16.5 Å². The zero-order valence-corrected chi connectivity index (χ0v) is 13.4. The van der Waals surface area contributed by atoms with E-state index in [1.54, 1.807) is 0 Å². The number of benzene rings is 2. The highest BCUT2D eigenvalue weighted by Crippen LogP contribution is 2.35. The monoisotopic (exact) mass is 367 g/mol. The Morgan fingerprint density at radius 1 is 1.12 bits per heavy atom. The zero-order valence-electron chi connectivity index (χ0n) is 11.8. The van der Waals surface area contributed by atoms with Crippen LogP contribution in [0.15, 0.2) is 42.5 Å². The number of amides is 1. The second-order valence-corrected chi connectivity index (χ2v) is 6.12. The Bertz CT molecular complexity index is 958. The molecule has 0 radical (unpaired) electrons. The van der Waals surface area contributed by atoms with Crippen molar-refractivity contribution in [1.29, 1.82) is 0 Å². The molecule has 0 atom stereocenters. The normalized spacial score (nSPS) is 10.6. The summed E-state index contributed by atoms with van der Waals surface area (Å²) in [6.45, 7) is 0. The fourth-order valence-electron chi connectivity index (χ4n) is 2.01. The minimum Gasteiger partial charge on any atom is -0.335 e. The molecule has 1 heterocycles. The van der Waals surface area contributed by atoms with E-state index in [1.807, 2.05) is 5.48 Å². The van der Waals surface area contributed by atoms with E-state index >= 15 is 0 Å². The van der Waals surface area contributed by atoms with Gasteiger partial charge >= 0.3 is 5.97 Å². The first-order chi connectivity index (χ1) is 11.5. The van der Waals surface area contributed by atoms with E-state index in [1.165, 1.54) is 36.4 Å². The first-order valence-electron chi connectivity index (χ1n) is 6.61. The molecule has 0 aliphatic carbocycles. The summed E-state index contributed by atoms with van der Waals surface area (Å²) < 4.78 is 27.2. The first kappa shape index (κ1) is 16.4. The van der Waals surface area contributed by atoms with E-state index in [0.717, 1.165) is 17.4 Å². The topological polar surface area (TPSA) is 55.4 Å². The Morgan fingerprint density at radius 3 is 2.62 bits per heavy atom. The summed E-state index contributed by atoms with van der Waals surface area (Å²) in [5.74, 6) is -3.07. The number of fused-ring (bicyclic) bond motifs is 1. The molecule has 24 heavy (non-hydrogen) atoms. The predicted molar refractivity (Wildman–Crippen MR) is 86.1 cm³/mol. The lowest BCUT2D eigenvalue weighted by Crippen LogP contribution is -2.27. The van der Waals surface area contributed by atoms with Crippen LogP contribution in [0.4, 0.5) is 8.78 Å². The van der Waals surface area contributed by atoms with Crippen LogP contribution in [-0.4, -0.2) is 11.9 Å². The Kier molecular flexibility index (Phi) is 4.46. The second-order valence-electron chi connectivity index (χ2n) is 4.69. The Hall–Kier alpha value is -2.51. The molecule has 3 rings (SSSR count). The number of halogens is 3. The standard InChI is InChI=1S/C16H8ClF2NO3S/c17-13-10-6-5-8(18)7-12(10)24-14(13)15(21)20-23-16(22)9-3-1-2-4-11(9)19/h1-7H,(H,20,21). The van der Waals surface area contributed by atoms with Crippen LogP contribution in [0.5, 0.6) is 0 Å². The first-order valence-corrected chi connectivity index (χ1v) is 7.80. The Balaban J connectivity index is 1.77. The largest absolute Gasteiger partial charge is 0.365 e. The van der Waals surface area contributed by atoms with Crippen molar-refractivity contribution in [2.45, 2.75) is 0 Å². The highest BCUT2D eigenvalue weighted by atomic mass is 35.5. The predicted octanol–water partition coefficient (Wildman–Crippen LogP) is 4.33. The van der Waals surface area contributed by atoms with Crippen LogP contribution < -0.4 is 5.48 Å². The van der Waals surface area contributed by atoms with E-state index in [-0.39, 0.29) is 15.5 Å². The lowest BCUT2D eigenvalue weighted by atomic mass is 10.2. The van der Waals surface area contributed by atoms with E-state index in [0.29, 0.717) is 10.1 Å². The molecule has 122 valence electrons. The zero-order chi connectivity index (χ0) is 17.3. The number of hydroxylamine groups is 1. The molecular weight excluding hydrogens is 360 g/mol. The molecule has 8 heteroatoms. The Morgan fingerprint density at radius 2 is 1.88 bits per heavy atom. The van der Waals surface area contributed by atoms with Gasteiger partial charge in [-0.15, -0.1) is 11.3 Å². The fraction of sp³-hybridized carbons (Fsp3) is 0. The Labute approximate surface area is 143 Å². The van der Waals surface area contributed by atoms with Crippen molar-refractivity contribution in [2.24, 2.45) is 0 Å².